The molecule has 3 rings (SSSR count). The molecule has 0 saturated heterocycles. The van der Waals surface area contributed by atoms with Gasteiger partial charge in [-0.1, -0.05) is 18.0 Å². The summed E-state index contributed by atoms with van der Waals surface area (Å²) < 4.78 is 38.3. The van der Waals surface area contributed by atoms with Crippen LogP contribution in [0.25, 0.3) is 0 Å². The van der Waals surface area contributed by atoms with Crippen LogP contribution in [-0.4, -0.2) is 47.5 Å². The Hall–Kier alpha value is -1.61. The van der Waals surface area contributed by atoms with Gasteiger partial charge in [0.2, 0.25) is 10.0 Å². The molecule has 0 bridgehead atoms. The maximum atomic E-state index is 12.9. The minimum Gasteiger partial charge on any atom is -0.444 e. The first-order chi connectivity index (χ1) is 12.7. The van der Waals surface area contributed by atoms with E-state index in [4.69, 9.17) is 9.26 Å². The van der Waals surface area contributed by atoms with Gasteiger partial charge in [-0.2, -0.15) is 0 Å². The molecule has 2 saturated carbocycles. The van der Waals surface area contributed by atoms with Gasteiger partial charge in [0, 0.05) is 12.1 Å². The first-order valence-electron chi connectivity index (χ1n) is 9.56. The largest absolute Gasteiger partial charge is 0.444 e. The van der Waals surface area contributed by atoms with Crippen LogP contribution in [-0.2, 0) is 21.3 Å². The number of carbonyl (C=O) groups excluding carboxylic acids is 1. The molecule has 1 N–H and O–H groups in total. The van der Waals surface area contributed by atoms with Crippen molar-refractivity contribution in [3.8, 4) is 0 Å². The standard InChI is InChI=1S/C18H29N3O5S/c1-18(2,3)26-17(22)21(12-13-10-11-25-19-13)16-7-5-4-6-15(16)20-27(23,24)14-8-9-14/h10-11,14-16,20H,4-9,12H2,1-3H3/t15-,16-/m1/s1. The van der Waals surface area contributed by atoms with Gasteiger partial charge in [0.25, 0.3) is 0 Å². The molecular weight excluding hydrogens is 370 g/mol. The van der Waals surface area contributed by atoms with E-state index in [9.17, 15) is 13.2 Å². The van der Waals surface area contributed by atoms with E-state index in [-0.39, 0.29) is 23.9 Å². The lowest BCUT2D eigenvalue weighted by atomic mass is 9.90. The van der Waals surface area contributed by atoms with E-state index in [2.05, 4.69) is 9.88 Å². The Morgan fingerprint density at radius 1 is 1.30 bits per heavy atom. The highest BCUT2D eigenvalue weighted by molar-refractivity contribution is 7.90. The summed E-state index contributed by atoms with van der Waals surface area (Å²) >= 11 is 0. The lowest BCUT2D eigenvalue weighted by Gasteiger charge is -2.40. The van der Waals surface area contributed by atoms with Crippen molar-refractivity contribution in [1.29, 1.82) is 0 Å². The van der Waals surface area contributed by atoms with E-state index in [1.807, 2.05) is 20.8 Å². The Balaban J connectivity index is 1.81. The second kappa shape index (κ2) is 7.79. The summed E-state index contributed by atoms with van der Waals surface area (Å²) in [5, 5.41) is 3.62. The Bertz CT molecular complexity index is 738. The summed E-state index contributed by atoms with van der Waals surface area (Å²) in [7, 11) is -3.34. The number of ether oxygens (including phenoxy) is 1. The zero-order valence-electron chi connectivity index (χ0n) is 16.2. The Kier molecular flexibility index (Phi) is 5.81. The van der Waals surface area contributed by atoms with Crippen molar-refractivity contribution in [1.82, 2.24) is 14.8 Å². The summed E-state index contributed by atoms with van der Waals surface area (Å²) in [6, 6.07) is 1.10. The monoisotopic (exact) mass is 399 g/mol. The highest BCUT2D eigenvalue weighted by Crippen LogP contribution is 2.31. The lowest BCUT2D eigenvalue weighted by molar-refractivity contribution is 0.00586. The summed E-state index contributed by atoms with van der Waals surface area (Å²) in [6.45, 7) is 5.66. The zero-order valence-corrected chi connectivity index (χ0v) is 17.0. The molecule has 2 aliphatic carbocycles. The quantitative estimate of drug-likeness (QED) is 0.789. The van der Waals surface area contributed by atoms with Crippen LogP contribution >= 0.6 is 0 Å². The Labute approximate surface area is 160 Å². The van der Waals surface area contributed by atoms with Crippen LogP contribution in [0.5, 0.6) is 0 Å². The number of hydrogen-bond acceptors (Lipinski definition) is 6. The van der Waals surface area contributed by atoms with E-state index in [0.29, 0.717) is 25.0 Å². The van der Waals surface area contributed by atoms with Crippen molar-refractivity contribution in [2.45, 2.75) is 88.8 Å². The van der Waals surface area contributed by atoms with E-state index < -0.39 is 21.7 Å². The Morgan fingerprint density at radius 2 is 2.00 bits per heavy atom. The van der Waals surface area contributed by atoms with Crippen molar-refractivity contribution < 1.29 is 22.5 Å². The summed E-state index contributed by atoms with van der Waals surface area (Å²) in [4.78, 5) is 14.5. The predicted molar refractivity (Wildman–Crippen MR) is 99.4 cm³/mol. The molecule has 0 unspecified atom stereocenters. The molecule has 8 nitrogen and oxygen atoms in total. The van der Waals surface area contributed by atoms with Crippen molar-refractivity contribution in [3.05, 3.63) is 18.0 Å². The topological polar surface area (TPSA) is 102 Å². The number of carbonyl (C=O) groups is 1. The molecule has 0 aromatic carbocycles. The van der Waals surface area contributed by atoms with Gasteiger partial charge in [-0.15, -0.1) is 0 Å². The fourth-order valence-corrected chi connectivity index (χ4v) is 5.08. The zero-order chi connectivity index (χ0) is 19.7. The fraction of sp³-hybridized carbons (Fsp3) is 0.778. The van der Waals surface area contributed by atoms with Gasteiger partial charge < -0.3 is 9.26 Å². The molecule has 1 amide bonds. The maximum absolute atomic E-state index is 12.9. The summed E-state index contributed by atoms with van der Waals surface area (Å²) in [5.74, 6) is 0. The third-order valence-corrected chi connectivity index (χ3v) is 6.84. The number of aromatic nitrogens is 1. The van der Waals surface area contributed by atoms with Crippen molar-refractivity contribution in [3.63, 3.8) is 0 Å². The van der Waals surface area contributed by atoms with Gasteiger partial charge in [0.05, 0.1) is 17.8 Å². The van der Waals surface area contributed by atoms with Crippen LogP contribution in [0.3, 0.4) is 0 Å². The Morgan fingerprint density at radius 3 is 2.59 bits per heavy atom. The molecular formula is C18H29N3O5S. The van der Waals surface area contributed by atoms with Crippen LogP contribution in [0, 0.1) is 0 Å². The molecule has 27 heavy (non-hydrogen) atoms. The van der Waals surface area contributed by atoms with E-state index in [0.717, 1.165) is 19.3 Å². The van der Waals surface area contributed by atoms with Gasteiger partial charge in [-0.05, 0) is 46.5 Å². The molecule has 2 fully saturated rings. The number of nitrogens with zero attached hydrogens (tertiary/aromatic N) is 2. The molecule has 1 aromatic rings. The smallest absolute Gasteiger partial charge is 0.410 e. The SMILES string of the molecule is CC(C)(C)OC(=O)N(Cc1ccon1)[C@@H]1CCCC[C@H]1NS(=O)(=O)C1CC1. The van der Waals surface area contributed by atoms with E-state index in [1.165, 1.54) is 6.26 Å². The second-order valence-corrected chi connectivity index (χ2v) is 10.4. The summed E-state index contributed by atoms with van der Waals surface area (Å²) in [6.07, 6.45) is 5.70. The molecule has 0 aliphatic heterocycles. The van der Waals surface area contributed by atoms with Crippen LogP contribution in [0.2, 0.25) is 0 Å². The van der Waals surface area contributed by atoms with Gasteiger partial charge in [-0.3, -0.25) is 4.90 Å². The number of rotatable bonds is 6. The van der Waals surface area contributed by atoms with Gasteiger partial charge >= 0.3 is 6.09 Å². The van der Waals surface area contributed by atoms with Crippen LogP contribution in [0.15, 0.2) is 16.9 Å². The molecule has 2 aliphatic rings. The molecule has 0 radical (unpaired) electrons. The minimum atomic E-state index is -3.34. The van der Waals surface area contributed by atoms with Gasteiger partial charge in [0.1, 0.15) is 17.6 Å². The molecule has 1 aromatic heterocycles. The number of amides is 1. The average molecular weight is 400 g/mol. The van der Waals surface area contributed by atoms with Crippen molar-refractivity contribution in [2.24, 2.45) is 0 Å². The van der Waals surface area contributed by atoms with Gasteiger partial charge in [0.15, 0.2) is 0 Å². The van der Waals surface area contributed by atoms with Crippen LogP contribution < -0.4 is 4.72 Å². The van der Waals surface area contributed by atoms with Crippen molar-refractivity contribution >= 4 is 16.1 Å². The third kappa shape index (κ3) is 5.44. The highest BCUT2D eigenvalue weighted by Gasteiger charge is 2.41. The van der Waals surface area contributed by atoms with E-state index >= 15 is 0 Å². The normalized spacial score (nSPS) is 23.8. The number of sulfonamides is 1. The molecule has 0 spiro atoms. The molecule has 152 valence electrons. The molecule has 1 heterocycles. The lowest BCUT2D eigenvalue weighted by Crippen LogP contribution is -2.55. The number of hydrogen-bond donors (Lipinski definition) is 1. The molecule has 9 heteroatoms. The first-order valence-corrected chi connectivity index (χ1v) is 11.1. The third-order valence-electron chi connectivity index (χ3n) is 4.86. The van der Waals surface area contributed by atoms with Gasteiger partial charge in [-0.25, -0.2) is 17.9 Å². The molecule has 2 atom stereocenters. The first kappa shape index (κ1) is 20.1. The second-order valence-electron chi connectivity index (χ2n) is 8.42. The van der Waals surface area contributed by atoms with Crippen LogP contribution in [0.1, 0.15) is 65.0 Å². The summed E-state index contributed by atoms with van der Waals surface area (Å²) in [5.41, 5.74) is -0.0353. The fourth-order valence-electron chi connectivity index (χ4n) is 3.44. The van der Waals surface area contributed by atoms with Crippen LogP contribution in [0.4, 0.5) is 4.79 Å². The highest BCUT2D eigenvalue weighted by atomic mass is 32.2. The van der Waals surface area contributed by atoms with Crippen molar-refractivity contribution in [2.75, 3.05) is 0 Å². The average Bonchev–Trinajstić information content (AvgIpc) is 3.31. The number of nitrogens with one attached hydrogen (secondary N) is 1. The minimum absolute atomic E-state index is 0.220. The van der Waals surface area contributed by atoms with E-state index in [1.54, 1.807) is 11.0 Å². The maximum Gasteiger partial charge on any atom is 0.410 e. The predicted octanol–water partition coefficient (Wildman–Crippen LogP) is 2.80.